The number of hydrogen-bond donors (Lipinski definition) is 0. The third kappa shape index (κ3) is 3.17. The van der Waals surface area contributed by atoms with Crippen LogP contribution < -0.4 is 0 Å². The summed E-state index contributed by atoms with van der Waals surface area (Å²) in [6, 6.07) is 31.9. The van der Waals surface area contributed by atoms with Gasteiger partial charge in [-0.3, -0.25) is 0 Å². The van der Waals surface area contributed by atoms with E-state index in [4.69, 9.17) is 9.97 Å². The van der Waals surface area contributed by atoms with Crippen LogP contribution in [0.15, 0.2) is 91.0 Å². The molecule has 1 aromatic heterocycles. The summed E-state index contributed by atoms with van der Waals surface area (Å²) in [4.78, 5) is 9.92. The average molecular weight is 374 g/mol. The highest BCUT2D eigenvalue weighted by atomic mass is 14.9. The van der Waals surface area contributed by atoms with Gasteiger partial charge in [-0.1, -0.05) is 92.7 Å². The molecule has 0 N–H and O–H groups in total. The largest absolute Gasteiger partial charge is 0.233 e. The summed E-state index contributed by atoms with van der Waals surface area (Å²) in [7, 11) is 0. The van der Waals surface area contributed by atoms with E-state index >= 15 is 0 Å². The lowest BCUT2D eigenvalue weighted by Crippen LogP contribution is -2.01. The van der Waals surface area contributed by atoms with Crippen LogP contribution in [0.25, 0.3) is 44.1 Å². The van der Waals surface area contributed by atoms with Gasteiger partial charge in [0.15, 0.2) is 0 Å². The van der Waals surface area contributed by atoms with Gasteiger partial charge >= 0.3 is 0 Å². The Labute approximate surface area is 170 Å². The Morgan fingerprint density at radius 2 is 1.34 bits per heavy atom. The molecule has 2 heteroatoms. The van der Waals surface area contributed by atoms with E-state index < -0.39 is 0 Å². The first kappa shape index (κ1) is 17.6. The van der Waals surface area contributed by atoms with Crippen molar-refractivity contribution in [1.29, 1.82) is 0 Å². The van der Waals surface area contributed by atoms with Crippen molar-refractivity contribution in [3.8, 4) is 22.4 Å². The Hall–Kier alpha value is -3.52. The van der Waals surface area contributed by atoms with E-state index in [1.807, 2.05) is 6.07 Å². The summed E-state index contributed by atoms with van der Waals surface area (Å²) in [5.74, 6) is 1.15. The molecule has 0 aliphatic carbocycles. The number of aromatic nitrogens is 2. The Kier molecular flexibility index (Phi) is 4.33. The molecule has 29 heavy (non-hydrogen) atoms. The molecule has 4 aromatic carbocycles. The van der Waals surface area contributed by atoms with Gasteiger partial charge in [0.1, 0.15) is 5.82 Å². The van der Waals surface area contributed by atoms with Crippen LogP contribution >= 0.6 is 0 Å². The minimum atomic E-state index is 0.266. The molecule has 140 valence electrons. The fourth-order valence-electron chi connectivity index (χ4n) is 3.86. The topological polar surface area (TPSA) is 25.8 Å². The normalized spacial score (nSPS) is 11.4. The van der Waals surface area contributed by atoms with Crippen molar-refractivity contribution in [2.24, 2.45) is 0 Å². The highest BCUT2D eigenvalue weighted by Gasteiger charge is 2.15. The van der Waals surface area contributed by atoms with Crippen LogP contribution in [0.4, 0.5) is 0 Å². The van der Waals surface area contributed by atoms with Gasteiger partial charge in [-0.05, 0) is 34.0 Å². The quantitative estimate of drug-likeness (QED) is 0.311. The number of hydrogen-bond acceptors (Lipinski definition) is 2. The first-order chi connectivity index (χ1) is 14.2. The van der Waals surface area contributed by atoms with Crippen molar-refractivity contribution in [2.45, 2.75) is 19.8 Å². The van der Waals surface area contributed by atoms with E-state index in [1.54, 1.807) is 0 Å². The molecule has 0 aliphatic heterocycles. The maximum Gasteiger partial charge on any atom is 0.132 e. The molecule has 0 aliphatic rings. The van der Waals surface area contributed by atoms with Gasteiger partial charge in [0.05, 0.1) is 11.2 Å². The minimum absolute atomic E-state index is 0.266. The van der Waals surface area contributed by atoms with Crippen LogP contribution in [0.1, 0.15) is 25.6 Å². The molecule has 0 saturated heterocycles. The molecule has 0 bridgehead atoms. The van der Waals surface area contributed by atoms with Crippen LogP contribution in [-0.4, -0.2) is 9.97 Å². The third-order valence-corrected chi connectivity index (χ3v) is 5.36. The first-order valence-corrected chi connectivity index (χ1v) is 10.1. The summed E-state index contributed by atoms with van der Waals surface area (Å²) < 4.78 is 0. The van der Waals surface area contributed by atoms with E-state index in [9.17, 15) is 0 Å². The van der Waals surface area contributed by atoms with Gasteiger partial charge in [-0.15, -0.1) is 0 Å². The minimum Gasteiger partial charge on any atom is -0.233 e. The fourth-order valence-corrected chi connectivity index (χ4v) is 3.86. The van der Waals surface area contributed by atoms with Gasteiger partial charge in [-0.25, -0.2) is 9.97 Å². The summed E-state index contributed by atoms with van der Waals surface area (Å²) >= 11 is 0. The summed E-state index contributed by atoms with van der Waals surface area (Å²) in [5, 5.41) is 3.53. The molecule has 0 fully saturated rings. The van der Waals surface area contributed by atoms with E-state index in [-0.39, 0.29) is 5.92 Å². The van der Waals surface area contributed by atoms with E-state index in [2.05, 4.69) is 98.8 Å². The van der Waals surface area contributed by atoms with Crippen molar-refractivity contribution in [3.05, 3.63) is 96.8 Å². The second-order valence-corrected chi connectivity index (χ2v) is 7.71. The first-order valence-electron chi connectivity index (χ1n) is 10.1. The third-order valence-electron chi connectivity index (χ3n) is 5.36. The van der Waals surface area contributed by atoms with Gasteiger partial charge in [0, 0.05) is 16.9 Å². The van der Waals surface area contributed by atoms with Crippen molar-refractivity contribution < 1.29 is 0 Å². The molecular weight excluding hydrogens is 352 g/mol. The summed E-state index contributed by atoms with van der Waals surface area (Å²) in [6.07, 6.45) is 0. The zero-order valence-corrected chi connectivity index (χ0v) is 16.6. The molecule has 5 aromatic rings. The lowest BCUT2D eigenvalue weighted by Gasteiger charge is -2.14. The SMILES string of the molecule is CC(C)c1nc(-c2cccc(-c3ccccc3)c2)c2c(ccc3ccccc32)n1. The zero-order valence-electron chi connectivity index (χ0n) is 16.6. The maximum absolute atomic E-state index is 5.04. The molecule has 0 saturated carbocycles. The number of benzene rings is 4. The average Bonchev–Trinajstić information content (AvgIpc) is 2.78. The fraction of sp³-hybridized carbons (Fsp3) is 0.111. The molecule has 0 unspecified atom stereocenters. The molecular formula is C27H22N2. The molecule has 5 rings (SSSR count). The Bertz CT molecular complexity index is 1320. The van der Waals surface area contributed by atoms with Crippen LogP contribution in [0.3, 0.4) is 0 Å². The summed E-state index contributed by atoms with van der Waals surface area (Å²) in [5.41, 5.74) is 5.54. The lowest BCUT2D eigenvalue weighted by molar-refractivity contribution is 0.785. The van der Waals surface area contributed by atoms with Gasteiger partial charge < -0.3 is 0 Å². The van der Waals surface area contributed by atoms with E-state index in [1.165, 1.54) is 21.9 Å². The molecule has 0 radical (unpaired) electrons. The van der Waals surface area contributed by atoms with Gasteiger partial charge in [-0.2, -0.15) is 0 Å². The molecule has 0 amide bonds. The van der Waals surface area contributed by atoms with Crippen molar-refractivity contribution in [2.75, 3.05) is 0 Å². The second kappa shape index (κ2) is 7.14. The number of rotatable bonds is 3. The molecule has 1 heterocycles. The summed E-state index contributed by atoms with van der Waals surface area (Å²) in [6.45, 7) is 4.29. The smallest absolute Gasteiger partial charge is 0.132 e. The van der Waals surface area contributed by atoms with Gasteiger partial charge in [0.2, 0.25) is 0 Å². The Morgan fingerprint density at radius 3 is 2.17 bits per heavy atom. The van der Waals surface area contributed by atoms with Crippen molar-refractivity contribution in [3.63, 3.8) is 0 Å². The zero-order chi connectivity index (χ0) is 19.8. The van der Waals surface area contributed by atoms with Crippen LogP contribution in [0.5, 0.6) is 0 Å². The van der Waals surface area contributed by atoms with Crippen molar-refractivity contribution >= 4 is 21.7 Å². The van der Waals surface area contributed by atoms with E-state index in [0.29, 0.717) is 0 Å². The number of fused-ring (bicyclic) bond motifs is 3. The standard InChI is InChI=1S/C27H22N2/c1-18(2)27-28-24-16-15-20-11-6-7-14-23(20)25(24)26(29-27)22-13-8-12-21(17-22)19-9-4-3-5-10-19/h3-18H,1-2H3. The maximum atomic E-state index is 5.04. The molecule has 0 spiro atoms. The molecule has 0 atom stereocenters. The monoisotopic (exact) mass is 374 g/mol. The predicted octanol–water partition coefficient (Wildman–Crippen LogP) is 7.24. The van der Waals surface area contributed by atoms with Crippen LogP contribution in [0, 0.1) is 0 Å². The highest BCUT2D eigenvalue weighted by Crippen LogP contribution is 2.35. The van der Waals surface area contributed by atoms with Crippen molar-refractivity contribution in [1.82, 2.24) is 9.97 Å². The lowest BCUT2D eigenvalue weighted by atomic mass is 9.97. The Balaban J connectivity index is 1.83. The predicted molar refractivity (Wildman–Crippen MR) is 122 cm³/mol. The Morgan fingerprint density at radius 1 is 0.621 bits per heavy atom. The molecule has 2 nitrogen and oxygen atoms in total. The van der Waals surface area contributed by atoms with Crippen LogP contribution in [-0.2, 0) is 0 Å². The van der Waals surface area contributed by atoms with Gasteiger partial charge in [0.25, 0.3) is 0 Å². The second-order valence-electron chi connectivity index (χ2n) is 7.71. The van der Waals surface area contributed by atoms with E-state index in [0.717, 1.165) is 28.0 Å². The highest BCUT2D eigenvalue weighted by molar-refractivity contribution is 6.12. The van der Waals surface area contributed by atoms with Crippen LogP contribution in [0.2, 0.25) is 0 Å². The number of nitrogens with zero attached hydrogens (tertiary/aromatic N) is 2.